The summed E-state index contributed by atoms with van der Waals surface area (Å²) in [6.45, 7) is 2.10. The van der Waals surface area contributed by atoms with Crippen molar-refractivity contribution in [3.05, 3.63) is 66.8 Å². The molecule has 0 radical (unpaired) electrons. The van der Waals surface area contributed by atoms with Crippen molar-refractivity contribution in [2.45, 2.75) is 48.9 Å². The van der Waals surface area contributed by atoms with E-state index >= 15 is 0 Å². The van der Waals surface area contributed by atoms with Gasteiger partial charge in [-0.15, -0.1) is 23.1 Å². The highest BCUT2D eigenvalue weighted by Crippen LogP contribution is 2.64. The number of carbonyl (C=O) groups is 1. The lowest BCUT2D eigenvalue weighted by Gasteiger charge is -2.40. The summed E-state index contributed by atoms with van der Waals surface area (Å²) in [6.07, 6.45) is 3.98. The number of thiazole rings is 1. The van der Waals surface area contributed by atoms with E-state index in [2.05, 4.69) is 22.8 Å². The molecule has 3 aromatic rings. The van der Waals surface area contributed by atoms with Crippen LogP contribution in [0.3, 0.4) is 0 Å². The SMILES string of the molecule is Cc1ccc(NC(=O)Cn2c3c(sc2=O)C(c2cccs2)C2C4CCC(C4)C2S3)cc1. The molecule has 160 valence electrons. The van der Waals surface area contributed by atoms with Crippen LogP contribution in [-0.2, 0) is 11.3 Å². The number of rotatable bonds is 4. The summed E-state index contributed by atoms with van der Waals surface area (Å²) in [5, 5.41) is 6.71. The molecule has 6 rings (SSSR count). The topological polar surface area (TPSA) is 51.1 Å². The predicted octanol–water partition coefficient (Wildman–Crippen LogP) is 5.57. The van der Waals surface area contributed by atoms with Crippen LogP contribution in [0.4, 0.5) is 5.69 Å². The van der Waals surface area contributed by atoms with Crippen LogP contribution in [0.1, 0.15) is 40.5 Å². The Morgan fingerprint density at radius 2 is 1.97 bits per heavy atom. The molecule has 1 aliphatic heterocycles. The second-order valence-electron chi connectivity index (χ2n) is 9.02. The first kappa shape index (κ1) is 19.8. The van der Waals surface area contributed by atoms with E-state index in [1.807, 2.05) is 54.3 Å². The summed E-state index contributed by atoms with van der Waals surface area (Å²) < 4.78 is 1.73. The lowest BCUT2D eigenvalue weighted by Crippen LogP contribution is -2.34. The normalized spacial score (nSPS) is 28.4. The standard InChI is InChI=1S/C24H24N2O2S3/c1-13-4-8-16(9-5-13)25-18(27)12-26-23-22(31-24(26)28)20(17-3-2-10-29-17)19-14-6-7-15(11-14)21(19)30-23/h2-5,8-10,14-15,19-21H,6-7,11-12H2,1H3,(H,25,27). The van der Waals surface area contributed by atoms with Gasteiger partial charge in [-0.25, -0.2) is 0 Å². The molecule has 1 aromatic carbocycles. The van der Waals surface area contributed by atoms with Gasteiger partial charge in [-0.2, -0.15) is 0 Å². The molecule has 1 amide bonds. The Balaban J connectivity index is 1.34. The largest absolute Gasteiger partial charge is 0.325 e. The number of anilines is 1. The Bertz CT molecular complexity index is 1180. The highest BCUT2D eigenvalue weighted by Gasteiger charge is 2.55. The van der Waals surface area contributed by atoms with E-state index in [0.717, 1.165) is 28.1 Å². The van der Waals surface area contributed by atoms with E-state index in [9.17, 15) is 9.59 Å². The maximum atomic E-state index is 13.0. The van der Waals surface area contributed by atoms with Gasteiger partial charge in [-0.05, 0) is 67.5 Å². The molecule has 0 saturated heterocycles. The van der Waals surface area contributed by atoms with Crippen LogP contribution in [0.15, 0.2) is 51.6 Å². The summed E-state index contributed by atoms with van der Waals surface area (Å²) in [5.41, 5.74) is 1.92. The van der Waals surface area contributed by atoms with Gasteiger partial charge in [0.1, 0.15) is 6.54 Å². The fourth-order valence-electron chi connectivity index (χ4n) is 5.85. The van der Waals surface area contributed by atoms with E-state index in [1.54, 1.807) is 4.57 Å². The molecule has 2 fully saturated rings. The summed E-state index contributed by atoms with van der Waals surface area (Å²) in [6, 6.07) is 12.1. The van der Waals surface area contributed by atoms with Crippen LogP contribution in [0.2, 0.25) is 0 Å². The number of nitrogens with one attached hydrogen (secondary N) is 1. The number of aromatic nitrogens is 1. The second-order valence-corrected chi connectivity index (χ2v) is 12.2. The van der Waals surface area contributed by atoms with Crippen LogP contribution >= 0.6 is 34.4 Å². The maximum absolute atomic E-state index is 13.0. The Labute approximate surface area is 193 Å². The van der Waals surface area contributed by atoms with E-state index in [-0.39, 0.29) is 17.3 Å². The number of aryl methyl sites for hydroxylation is 1. The maximum Gasteiger partial charge on any atom is 0.308 e. The van der Waals surface area contributed by atoms with Crippen molar-refractivity contribution in [3.63, 3.8) is 0 Å². The molecule has 1 N–H and O–H groups in total. The van der Waals surface area contributed by atoms with Crippen molar-refractivity contribution in [2.75, 3.05) is 5.32 Å². The quantitative estimate of drug-likeness (QED) is 0.545. The van der Waals surface area contributed by atoms with Gasteiger partial charge in [0.2, 0.25) is 5.91 Å². The number of thioether (sulfide) groups is 1. The Hall–Kier alpha value is -1.83. The molecule has 2 aliphatic carbocycles. The van der Waals surface area contributed by atoms with Crippen molar-refractivity contribution in [3.8, 4) is 0 Å². The van der Waals surface area contributed by atoms with Gasteiger partial charge in [-0.3, -0.25) is 14.2 Å². The van der Waals surface area contributed by atoms with E-state index < -0.39 is 0 Å². The summed E-state index contributed by atoms with van der Waals surface area (Å²) in [5.74, 6) is 2.33. The first-order valence-corrected chi connectivity index (χ1v) is 13.5. The molecular weight excluding hydrogens is 444 g/mol. The minimum atomic E-state index is -0.144. The van der Waals surface area contributed by atoms with E-state index in [4.69, 9.17) is 0 Å². The minimum absolute atomic E-state index is 0.00886. The zero-order valence-corrected chi connectivity index (χ0v) is 19.7. The lowest BCUT2D eigenvalue weighted by molar-refractivity contribution is -0.116. The van der Waals surface area contributed by atoms with Crippen LogP contribution in [0, 0.1) is 24.7 Å². The van der Waals surface area contributed by atoms with Crippen molar-refractivity contribution >= 4 is 46.0 Å². The summed E-state index contributed by atoms with van der Waals surface area (Å²) >= 11 is 5.06. The van der Waals surface area contributed by atoms with Gasteiger partial charge < -0.3 is 5.32 Å². The minimum Gasteiger partial charge on any atom is -0.325 e. The zero-order chi connectivity index (χ0) is 21.1. The molecule has 3 aliphatic rings. The van der Waals surface area contributed by atoms with E-state index in [1.165, 1.54) is 40.4 Å². The van der Waals surface area contributed by atoms with Crippen molar-refractivity contribution in [2.24, 2.45) is 17.8 Å². The Morgan fingerprint density at radius 3 is 2.74 bits per heavy atom. The summed E-state index contributed by atoms with van der Waals surface area (Å²) in [7, 11) is 0. The molecule has 5 atom stereocenters. The number of carbonyl (C=O) groups excluding carboxylic acids is 1. The average molecular weight is 469 g/mol. The van der Waals surface area contributed by atoms with Gasteiger partial charge in [0.15, 0.2) is 0 Å². The number of hydrogen-bond acceptors (Lipinski definition) is 5. The predicted molar refractivity (Wildman–Crippen MR) is 129 cm³/mol. The zero-order valence-electron chi connectivity index (χ0n) is 17.2. The molecule has 2 bridgehead atoms. The fourth-order valence-corrected chi connectivity index (χ4v) is 9.96. The third-order valence-corrected chi connectivity index (χ3v) is 11.0. The van der Waals surface area contributed by atoms with Crippen LogP contribution in [0.5, 0.6) is 0 Å². The molecule has 4 nitrogen and oxygen atoms in total. The Kier molecular flexibility index (Phi) is 4.89. The molecule has 2 saturated carbocycles. The monoisotopic (exact) mass is 468 g/mol. The third-order valence-electron chi connectivity index (χ3n) is 7.18. The van der Waals surface area contributed by atoms with Gasteiger partial charge in [0.25, 0.3) is 0 Å². The highest BCUT2D eigenvalue weighted by atomic mass is 32.2. The van der Waals surface area contributed by atoms with Gasteiger partial charge in [0.05, 0.1) is 5.03 Å². The molecule has 5 unspecified atom stereocenters. The number of nitrogens with zero attached hydrogens (tertiary/aromatic N) is 1. The van der Waals surface area contributed by atoms with Gasteiger partial charge in [-0.1, -0.05) is 35.1 Å². The lowest BCUT2D eigenvalue weighted by atomic mass is 9.77. The number of hydrogen-bond donors (Lipinski definition) is 1. The molecule has 3 heterocycles. The first-order valence-electron chi connectivity index (χ1n) is 10.9. The van der Waals surface area contributed by atoms with Crippen LogP contribution < -0.4 is 10.2 Å². The summed E-state index contributed by atoms with van der Waals surface area (Å²) in [4.78, 5) is 28.4. The van der Waals surface area contributed by atoms with Crippen LogP contribution in [0.25, 0.3) is 0 Å². The van der Waals surface area contributed by atoms with Crippen LogP contribution in [-0.4, -0.2) is 15.7 Å². The number of amides is 1. The first-order chi connectivity index (χ1) is 15.1. The third kappa shape index (κ3) is 3.33. The molecule has 2 aromatic heterocycles. The second kappa shape index (κ2) is 7.64. The number of thiophene rings is 1. The van der Waals surface area contributed by atoms with Gasteiger partial charge in [0, 0.05) is 26.6 Å². The van der Waals surface area contributed by atoms with E-state index in [0.29, 0.717) is 17.1 Å². The van der Waals surface area contributed by atoms with Crippen molar-refractivity contribution in [1.82, 2.24) is 4.57 Å². The molecule has 0 spiro atoms. The smallest absolute Gasteiger partial charge is 0.308 e. The van der Waals surface area contributed by atoms with Crippen molar-refractivity contribution < 1.29 is 4.79 Å². The molecule has 31 heavy (non-hydrogen) atoms. The average Bonchev–Trinajstić information content (AvgIpc) is 3.54. The number of fused-ring (bicyclic) bond motifs is 6. The van der Waals surface area contributed by atoms with Crippen molar-refractivity contribution in [1.29, 1.82) is 0 Å². The number of benzene rings is 1. The molecular formula is C24H24N2O2S3. The van der Waals surface area contributed by atoms with Gasteiger partial charge >= 0.3 is 4.87 Å². The fraction of sp³-hybridized carbons (Fsp3) is 0.417. The highest BCUT2D eigenvalue weighted by molar-refractivity contribution is 8.00. The molecule has 7 heteroatoms. The Morgan fingerprint density at radius 1 is 1.16 bits per heavy atom.